The molecule has 1 heterocycles. The van der Waals surface area contributed by atoms with Crippen LogP contribution in [-0.4, -0.2) is 44.9 Å². The van der Waals surface area contributed by atoms with Crippen molar-refractivity contribution in [1.82, 2.24) is 5.32 Å². The summed E-state index contributed by atoms with van der Waals surface area (Å²) < 4.78 is 14.3. The molecule has 7 nitrogen and oxygen atoms in total. The smallest absolute Gasteiger partial charge is 0.469 e. The largest absolute Gasteiger partial charge is 0.515 e. The van der Waals surface area contributed by atoms with Crippen LogP contribution >= 0.6 is 0 Å². The number of fused-ring (bicyclic) bond motifs is 1. The molecule has 4 atom stereocenters. The Balaban J connectivity index is 2.05. The summed E-state index contributed by atoms with van der Waals surface area (Å²) in [6.45, 7) is 2.85. The van der Waals surface area contributed by atoms with Crippen LogP contribution < -0.4 is 5.32 Å². The first-order chi connectivity index (χ1) is 15.4. The SMILES string of the molecule is COC(=O)CCC(C(=O)OC(=O)OC)[C@]1(C#Cc2cccc(C)c2)CCC[C@H]2NCC[C@@H]21. The third-order valence-corrected chi connectivity index (χ3v) is 6.69. The van der Waals surface area contributed by atoms with E-state index in [4.69, 9.17) is 9.47 Å². The van der Waals surface area contributed by atoms with Crippen molar-refractivity contribution in [3.05, 3.63) is 35.4 Å². The third kappa shape index (κ3) is 5.31. The van der Waals surface area contributed by atoms with Gasteiger partial charge in [-0.3, -0.25) is 9.59 Å². The van der Waals surface area contributed by atoms with E-state index in [1.165, 1.54) is 7.11 Å². The number of hydrogen-bond donors (Lipinski definition) is 1. The number of esters is 2. The molecular weight excluding hydrogens is 410 g/mol. The molecule has 1 aromatic carbocycles. The lowest BCUT2D eigenvalue weighted by Crippen LogP contribution is -2.49. The van der Waals surface area contributed by atoms with Gasteiger partial charge in [0.15, 0.2) is 0 Å². The van der Waals surface area contributed by atoms with Gasteiger partial charge in [-0.15, -0.1) is 0 Å². The number of carbonyl (C=O) groups excluding carboxylic acids is 3. The van der Waals surface area contributed by atoms with Gasteiger partial charge in [0.25, 0.3) is 0 Å². The predicted molar refractivity (Wildman–Crippen MR) is 117 cm³/mol. The van der Waals surface area contributed by atoms with E-state index in [1.807, 2.05) is 31.2 Å². The lowest BCUT2D eigenvalue weighted by atomic mass is 9.57. The molecule has 1 saturated heterocycles. The summed E-state index contributed by atoms with van der Waals surface area (Å²) in [5.74, 6) is 5.00. The molecule has 32 heavy (non-hydrogen) atoms. The van der Waals surface area contributed by atoms with Crippen molar-refractivity contribution in [1.29, 1.82) is 0 Å². The Morgan fingerprint density at radius 3 is 2.75 bits per heavy atom. The van der Waals surface area contributed by atoms with Crippen LogP contribution in [0.1, 0.15) is 49.7 Å². The summed E-state index contributed by atoms with van der Waals surface area (Å²) in [6, 6.07) is 8.14. The first-order valence-electron chi connectivity index (χ1n) is 11.1. The number of methoxy groups -OCH3 is 2. The summed E-state index contributed by atoms with van der Waals surface area (Å²) in [5.41, 5.74) is 1.24. The molecule has 1 unspecified atom stereocenters. The van der Waals surface area contributed by atoms with Crippen LogP contribution in [0.25, 0.3) is 0 Å². The van der Waals surface area contributed by atoms with Crippen molar-refractivity contribution < 1.29 is 28.6 Å². The van der Waals surface area contributed by atoms with E-state index in [1.54, 1.807) is 0 Å². The second-order valence-corrected chi connectivity index (χ2v) is 8.55. The minimum absolute atomic E-state index is 0.0378. The van der Waals surface area contributed by atoms with Crippen molar-refractivity contribution in [2.24, 2.45) is 17.3 Å². The average molecular weight is 442 g/mol. The highest BCUT2D eigenvalue weighted by atomic mass is 16.7. The molecule has 1 N–H and O–H groups in total. The molecule has 172 valence electrons. The standard InChI is InChI=1S/C25H31NO6/c1-17-6-4-7-18(16-17)11-14-25(13-5-8-21-19(25)12-15-26-21)20(9-10-22(27)30-2)23(28)32-24(29)31-3/h4,6-7,16,19-21,26H,5,8-10,12-13,15H2,1-3H3/t19-,20?,21+,25-/m0/s1. The number of rotatable bonds is 5. The summed E-state index contributed by atoms with van der Waals surface area (Å²) in [6.07, 6.45) is 2.62. The molecule has 3 rings (SSSR count). The zero-order valence-electron chi connectivity index (χ0n) is 18.9. The van der Waals surface area contributed by atoms with Crippen LogP contribution in [0.15, 0.2) is 24.3 Å². The Hall–Kier alpha value is -2.85. The fraction of sp³-hybridized carbons (Fsp3) is 0.560. The van der Waals surface area contributed by atoms with Gasteiger partial charge in [-0.2, -0.15) is 0 Å². The summed E-state index contributed by atoms with van der Waals surface area (Å²) >= 11 is 0. The fourth-order valence-electron chi connectivity index (χ4n) is 5.22. The predicted octanol–water partition coefficient (Wildman–Crippen LogP) is 3.37. The first-order valence-corrected chi connectivity index (χ1v) is 11.1. The minimum atomic E-state index is -1.06. The highest BCUT2D eigenvalue weighted by Crippen LogP contribution is 2.51. The number of benzene rings is 1. The molecule has 2 aliphatic rings. The Bertz CT molecular complexity index is 916. The zero-order chi connectivity index (χ0) is 23.1. The molecule has 7 heteroatoms. The van der Waals surface area contributed by atoms with E-state index in [2.05, 4.69) is 21.9 Å². The number of aryl methyl sites for hydroxylation is 1. The Morgan fingerprint density at radius 2 is 2.03 bits per heavy atom. The molecule has 0 spiro atoms. The molecule has 0 bridgehead atoms. The van der Waals surface area contributed by atoms with E-state index in [0.29, 0.717) is 6.42 Å². The molecular formula is C25H31NO6. The first kappa shape index (κ1) is 23.8. The fourth-order valence-corrected chi connectivity index (χ4v) is 5.22. The van der Waals surface area contributed by atoms with Crippen LogP contribution in [0.4, 0.5) is 4.79 Å². The van der Waals surface area contributed by atoms with E-state index >= 15 is 0 Å². The lowest BCUT2D eigenvalue weighted by Gasteiger charge is -2.45. The second-order valence-electron chi connectivity index (χ2n) is 8.55. The van der Waals surface area contributed by atoms with Crippen LogP contribution in [0.3, 0.4) is 0 Å². The third-order valence-electron chi connectivity index (χ3n) is 6.69. The molecule has 0 amide bonds. The van der Waals surface area contributed by atoms with Crippen molar-refractivity contribution >= 4 is 18.1 Å². The Morgan fingerprint density at radius 1 is 1.22 bits per heavy atom. The molecule has 0 radical (unpaired) electrons. The summed E-state index contributed by atoms with van der Waals surface area (Å²) in [7, 11) is 2.47. The highest BCUT2D eigenvalue weighted by Gasteiger charge is 2.54. The maximum absolute atomic E-state index is 13.2. The summed E-state index contributed by atoms with van der Waals surface area (Å²) in [4.78, 5) is 36.9. The number of hydrogen-bond acceptors (Lipinski definition) is 7. The normalized spacial score (nSPS) is 25.0. The number of carbonyl (C=O) groups is 3. The topological polar surface area (TPSA) is 90.9 Å². The Kier molecular flexibility index (Phi) is 7.92. The molecule has 1 saturated carbocycles. The van der Waals surface area contributed by atoms with E-state index in [9.17, 15) is 14.4 Å². The second kappa shape index (κ2) is 10.6. The van der Waals surface area contributed by atoms with Crippen molar-refractivity contribution in [3.63, 3.8) is 0 Å². The van der Waals surface area contributed by atoms with Gasteiger partial charge in [-0.25, -0.2) is 4.79 Å². The van der Waals surface area contributed by atoms with Crippen molar-refractivity contribution in [2.75, 3.05) is 20.8 Å². The van der Waals surface area contributed by atoms with Gasteiger partial charge in [0.2, 0.25) is 0 Å². The average Bonchev–Trinajstić information content (AvgIpc) is 3.28. The Labute approximate surface area is 189 Å². The number of nitrogens with one attached hydrogen (secondary N) is 1. The van der Waals surface area contributed by atoms with Gasteiger partial charge in [-0.05, 0) is 62.8 Å². The molecule has 1 aliphatic heterocycles. The molecule has 1 aliphatic carbocycles. The van der Waals surface area contributed by atoms with Gasteiger partial charge >= 0.3 is 18.1 Å². The molecule has 2 fully saturated rings. The number of ether oxygens (including phenoxy) is 3. The maximum atomic E-state index is 13.2. The van der Waals surface area contributed by atoms with Crippen molar-refractivity contribution in [3.8, 4) is 11.8 Å². The summed E-state index contributed by atoms with van der Waals surface area (Å²) in [5, 5.41) is 3.54. The van der Waals surface area contributed by atoms with E-state index in [-0.39, 0.29) is 24.8 Å². The van der Waals surface area contributed by atoms with Gasteiger partial charge in [0.1, 0.15) is 0 Å². The van der Waals surface area contributed by atoms with Crippen LogP contribution in [0.5, 0.6) is 0 Å². The van der Waals surface area contributed by atoms with Crippen LogP contribution in [0, 0.1) is 36.0 Å². The lowest BCUT2D eigenvalue weighted by molar-refractivity contribution is -0.151. The highest BCUT2D eigenvalue weighted by molar-refractivity contribution is 5.85. The van der Waals surface area contributed by atoms with Gasteiger partial charge < -0.3 is 19.5 Å². The monoisotopic (exact) mass is 441 g/mol. The quantitative estimate of drug-likeness (QED) is 0.426. The van der Waals surface area contributed by atoms with Gasteiger partial charge in [-0.1, -0.05) is 30.4 Å². The molecule has 1 aromatic rings. The van der Waals surface area contributed by atoms with Gasteiger partial charge in [0.05, 0.1) is 20.1 Å². The minimum Gasteiger partial charge on any atom is -0.469 e. The molecule has 0 aromatic heterocycles. The maximum Gasteiger partial charge on any atom is 0.515 e. The van der Waals surface area contributed by atoms with Crippen LogP contribution in [0.2, 0.25) is 0 Å². The zero-order valence-corrected chi connectivity index (χ0v) is 18.9. The van der Waals surface area contributed by atoms with Crippen LogP contribution in [-0.2, 0) is 23.8 Å². The van der Waals surface area contributed by atoms with E-state index < -0.39 is 29.4 Å². The van der Waals surface area contributed by atoms with Crippen molar-refractivity contribution in [2.45, 2.75) is 51.5 Å². The van der Waals surface area contributed by atoms with E-state index in [0.717, 1.165) is 44.0 Å². The van der Waals surface area contributed by atoms with Gasteiger partial charge in [0, 0.05) is 23.4 Å².